The molecule has 10 heteroatoms. The fraction of sp³-hybridized carbons (Fsp3) is 0.600. The van der Waals surface area contributed by atoms with Gasteiger partial charge in [-0.2, -0.15) is 5.26 Å². The van der Waals surface area contributed by atoms with Crippen LogP contribution in [0.15, 0.2) is 16.9 Å². The van der Waals surface area contributed by atoms with Gasteiger partial charge in [-0.05, 0) is 37.2 Å². The van der Waals surface area contributed by atoms with Gasteiger partial charge in [0, 0.05) is 25.2 Å². The predicted molar refractivity (Wildman–Crippen MR) is 108 cm³/mol. The number of nitrogens with zero attached hydrogens (tertiary/aromatic N) is 2. The van der Waals surface area contributed by atoms with Gasteiger partial charge in [0.2, 0.25) is 5.91 Å². The van der Waals surface area contributed by atoms with Crippen LogP contribution in [-0.4, -0.2) is 48.1 Å². The third kappa shape index (κ3) is 6.86. The van der Waals surface area contributed by atoms with Crippen LogP contribution < -0.4 is 26.5 Å². The molecule has 30 heavy (non-hydrogen) atoms. The van der Waals surface area contributed by atoms with Gasteiger partial charge in [-0.1, -0.05) is 6.42 Å². The summed E-state index contributed by atoms with van der Waals surface area (Å²) < 4.78 is 5.67. The highest BCUT2D eigenvalue weighted by Crippen LogP contribution is 2.29. The number of hydrogen-bond donors (Lipinski definition) is 4. The largest absolute Gasteiger partial charge is 0.479 e. The Morgan fingerprint density at radius 1 is 1.23 bits per heavy atom. The summed E-state index contributed by atoms with van der Waals surface area (Å²) in [4.78, 5) is 38.8. The second-order valence-corrected chi connectivity index (χ2v) is 7.72. The molecule has 162 valence electrons. The Morgan fingerprint density at radius 2 is 2.07 bits per heavy atom. The molecule has 0 spiro atoms. The molecule has 1 aliphatic heterocycles. The molecule has 1 saturated carbocycles. The molecule has 1 aliphatic carbocycles. The standard InChI is InChI=1S/C20H28N6O4/c21-7-6-16(15-10-17(27)23-19(11-15)30-13-14-4-5-14)25-22-8-2-1-3-9-26-12-18(28)24-20(26)29/h10-11,14,16,22,25H,1-6,8-9,12-13H2,(H,23,27)(H,24,28,29). The highest BCUT2D eigenvalue weighted by atomic mass is 16.5. The van der Waals surface area contributed by atoms with Crippen LogP contribution in [0.1, 0.15) is 50.1 Å². The number of imide groups is 1. The summed E-state index contributed by atoms with van der Waals surface area (Å²) in [6.45, 7) is 1.96. The SMILES string of the molecule is N#CCC(NNCCCCCN1CC(=O)NC1=O)c1cc(OCC2CC2)[nH]c(=O)c1. The molecule has 0 radical (unpaired) electrons. The number of hydrazine groups is 1. The van der Waals surface area contributed by atoms with Crippen molar-refractivity contribution in [2.45, 2.75) is 44.6 Å². The Morgan fingerprint density at radius 3 is 2.77 bits per heavy atom. The van der Waals surface area contributed by atoms with E-state index >= 15 is 0 Å². The Hall–Kier alpha value is -2.90. The van der Waals surface area contributed by atoms with E-state index in [1.54, 1.807) is 6.07 Å². The first-order valence-corrected chi connectivity index (χ1v) is 10.4. The van der Waals surface area contributed by atoms with E-state index in [1.165, 1.54) is 11.0 Å². The number of H-pyrrole nitrogens is 1. The number of nitrogens with one attached hydrogen (secondary N) is 4. The number of urea groups is 1. The number of aromatic amines is 1. The van der Waals surface area contributed by atoms with Gasteiger partial charge in [-0.25, -0.2) is 10.2 Å². The Kier molecular flexibility index (Phi) is 7.82. The molecule has 1 atom stereocenters. The lowest BCUT2D eigenvalue weighted by atomic mass is 10.1. The minimum atomic E-state index is -0.333. The monoisotopic (exact) mass is 416 g/mol. The van der Waals surface area contributed by atoms with Crippen LogP contribution in [0.3, 0.4) is 0 Å². The lowest BCUT2D eigenvalue weighted by Gasteiger charge is -2.18. The number of carbonyl (C=O) groups excluding carboxylic acids is 2. The molecule has 2 fully saturated rings. The summed E-state index contributed by atoms with van der Waals surface area (Å²) in [5.41, 5.74) is 6.67. The van der Waals surface area contributed by atoms with Crippen molar-refractivity contribution in [2.24, 2.45) is 5.92 Å². The molecular formula is C20H28N6O4. The number of aromatic nitrogens is 1. The molecule has 2 heterocycles. The van der Waals surface area contributed by atoms with E-state index in [0.29, 0.717) is 37.1 Å². The van der Waals surface area contributed by atoms with Gasteiger partial charge in [-0.15, -0.1) is 0 Å². The lowest BCUT2D eigenvalue weighted by Crippen LogP contribution is -2.36. The Bertz CT molecular complexity index is 844. The molecule has 3 rings (SSSR count). The molecule has 1 aromatic heterocycles. The maximum atomic E-state index is 12.0. The van der Waals surface area contributed by atoms with Gasteiger partial charge >= 0.3 is 6.03 Å². The number of rotatable bonds is 13. The summed E-state index contributed by atoms with van der Waals surface area (Å²) in [6, 6.07) is 4.73. The van der Waals surface area contributed by atoms with Crippen molar-refractivity contribution in [1.29, 1.82) is 5.26 Å². The summed E-state index contributed by atoms with van der Waals surface area (Å²) in [5, 5.41) is 11.4. The number of ether oxygens (including phenoxy) is 1. The number of hydrogen-bond acceptors (Lipinski definition) is 7. The van der Waals surface area contributed by atoms with Crippen LogP contribution in [0.25, 0.3) is 0 Å². The van der Waals surface area contributed by atoms with E-state index in [4.69, 9.17) is 10.00 Å². The summed E-state index contributed by atoms with van der Waals surface area (Å²) in [6.07, 6.45) is 5.09. The van der Waals surface area contributed by atoms with E-state index < -0.39 is 0 Å². The lowest BCUT2D eigenvalue weighted by molar-refractivity contribution is -0.118. The average molecular weight is 416 g/mol. The second kappa shape index (κ2) is 10.8. The van der Waals surface area contributed by atoms with Crippen molar-refractivity contribution in [1.82, 2.24) is 26.1 Å². The normalized spacial score (nSPS) is 17.0. The molecule has 3 amide bonds. The maximum Gasteiger partial charge on any atom is 0.324 e. The summed E-state index contributed by atoms with van der Waals surface area (Å²) >= 11 is 0. The van der Waals surface area contributed by atoms with Gasteiger partial charge in [0.15, 0.2) is 5.88 Å². The van der Waals surface area contributed by atoms with Crippen molar-refractivity contribution < 1.29 is 14.3 Å². The van der Waals surface area contributed by atoms with E-state index in [1.807, 2.05) is 0 Å². The molecule has 1 aromatic rings. The number of carbonyl (C=O) groups is 2. The van der Waals surface area contributed by atoms with E-state index in [-0.39, 0.29) is 36.5 Å². The molecule has 0 bridgehead atoms. The van der Waals surface area contributed by atoms with E-state index in [0.717, 1.165) is 32.1 Å². The van der Waals surface area contributed by atoms with Crippen molar-refractivity contribution >= 4 is 11.9 Å². The topological polar surface area (TPSA) is 139 Å². The van der Waals surface area contributed by atoms with Crippen molar-refractivity contribution in [3.63, 3.8) is 0 Å². The molecule has 1 saturated heterocycles. The van der Waals surface area contributed by atoms with Gasteiger partial charge < -0.3 is 9.64 Å². The quantitative estimate of drug-likeness (QED) is 0.213. The summed E-state index contributed by atoms with van der Waals surface area (Å²) in [7, 11) is 0. The van der Waals surface area contributed by atoms with Crippen LogP contribution in [0.4, 0.5) is 4.79 Å². The van der Waals surface area contributed by atoms with Crippen LogP contribution in [0.5, 0.6) is 5.88 Å². The zero-order chi connectivity index (χ0) is 21.3. The smallest absolute Gasteiger partial charge is 0.324 e. The van der Waals surface area contributed by atoms with Crippen molar-refractivity contribution in [3.8, 4) is 11.9 Å². The molecule has 2 aliphatic rings. The predicted octanol–water partition coefficient (Wildman–Crippen LogP) is 0.935. The maximum absolute atomic E-state index is 12.0. The number of unbranched alkanes of at least 4 members (excludes halogenated alkanes) is 2. The second-order valence-electron chi connectivity index (χ2n) is 7.72. The van der Waals surface area contributed by atoms with Crippen LogP contribution >= 0.6 is 0 Å². The Balaban J connectivity index is 1.39. The molecule has 0 aromatic carbocycles. The van der Waals surface area contributed by atoms with Gasteiger partial charge in [0.25, 0.3) is 5.56 Å². The molecule has 1 unspecified atom stereocenters. The fourth-order valence-corrected chi connectivity index (χ4v) is 3.20. The van der Waals surface area contributed by atoms with Crippen molar-refractivity contribution in [2.75, 3.05) is 26.2 Å². The third-order valence-corrected chi connectivity index (χ3v) is 5.09. The minimum absolute atomic E-state index is 0.136. The zero-order valence-electron chi connectivity index (χ0n) is 16.9. The van der Waals surface area contributed by atoms with E-state index in [9.17, 15) is 14.4 Å². The van der Waals surface area contributed by atoms with Crippen molar-refractivity contribution in [3.05, 3.63) is 28.0 Å². The number of amides is 3. The van der Waals surface area contributed by atoms with Crippen LogP contribution in [0, 0.1) is 17.2 Å². The highest BCUT2D eigenvalue weighted by Gasteiger charge is 2.25. The zero-order valence-corrected chi connectivity index (χ0v) is 16.9. The first kappa shape index (κ1) is 21.8. The van der Waals surface area contributed by atoms with Gasteiger partial charge in [0.05, 0.1) is 25.1 Å². The van der Waals surface area contributed by atoms with E-state index in [2.05, 4.69) is 27.2 Å². The first-order valence-electron chi connectivity index (χ1n) is 10.4. The third-order valence-electron chi connectivity index (χ3n) is 5.09. The fourth-order valence-electron chi connectivity index (χ4n) is 3.20. The Labute approximate surface area is 174 Å². The van der Waals surface area contributed by atoms with Crippen LogP contribution in [0.2, 0.25) is 0 Å². The highest BCUT2D eigenvalue weighted by molar-refractivity contribution is 6.01. The minimum Gasteiger partial charge on any atom is -0.479 e. The van der Waals surface area contributed by atoms with Gasteiger partial charge in [0.1, 0.15) is 6.54 Å². The van der Waals surface area contributed by atoms with Crippen LogP contribution in [-0.2, 0) is 4.79 Å². The number of pyridine rings is 1. The first-order chi connectivity index (χ1) is 14.5. The average Bonchev–Trinajstić information content (AvgIpc) is 3.48. The van der Waals surface area contributed by atoms with Gasteiger partial charge in [-0.3, -0.25) is 25.3 Å². The molecule has 4 N–H and O–H groups in total. The molecular weight excluding hydrogens is 388 g/mol. The number of nitriles is 1. The molecule has 10 nitrogen and oxygen atoms in total. The summed E-state index contributed by atoms with van der Waals surface area (Å²) in [5.74, 6) is 0.751.